The van der Waals surface area contributed by atoms with Crippen LogP contribution < -0.4 is 10.6 Å². The zero-order chi connectivity index (χ0) is 20.9. The van der Waals surface area contributed by atoms with Gasteiger partial charge in [-0.05, 0) is 38.5 Å². The molecule has 0 unspecified atom stereocenters. The first kappa shape index (κ1) is 25.7. The van der Waals surface area contributed by atoms with Gasteiger partial charge in [0.05, 0.1) is 17.0 Å². The Balaban J connectivity index is 0.00000420. The van der Waals surface area contributed by atoms with Crippen molar-refractivity contribution in [1.29, 1.82) is 0 Å². The Morgan fingerprint density at radius 1 is 1.24 bits per heavy atom. The number of benzene rings is 1. The molecule has 1 saturated heterocycles. The summed E-state index contributed by atoms with van der Waals surface area (Å²) in [5.41, 5.74) is 1.78. The zero-order valence-corrected chi connectivity index (χ0v) is 21.0. The third-order valence-corrected chi connectivity index (χ3v) is 7.37. The third-order valence-electron chi connectivity index (χ3n) is 4.84. The van der Waals surface area contributed by atoms with E-state index >= 15 is 0 Å². The second kappa shape index (κ2) is 10.6. The van der Waals surface area contributed by atoms with Gasteiger partial charge in [-0.15, -0.1) is 24.0 Å². The van der Waals surface area contributed by atoms with Crippen molar-refractivity contribution in [2.45, 2.75) is 45.9 Å². The predicted octanol–water partition coefficient (Wildman–Crippen LogP) is 2.87. The molecule has 1 aliphatic heterocycles. The van der Waals surface area contributed by atoms with E-state index in [1.54, 1.807) is 13.8 Å². The summed E-state index contributed by atoms with van der Waals surface area (Å²) in [7, 11) is -3.09. The second-order valence-corrected chi connectivity index (χ2v) is 10.8. The molecule has 0 bridgehead atoms. The van der Waals surface area contributed by atoms with Gasteiger partial charge in [-0.1, -0.05) is 26.0 Å². The van der Waals surface area contributed by atoms with E-state index in [-0.39, 0.29) is 41.6 Å². The van der Waals surface area contributed by atoms with Gasteiger partial charge >= 0.3 is 0 Å². The van der Waals surface area contributed by atoms with Crippen molar-refractivity contribution in [3.05, 3.63) is 29.8 Å². The van der Waals surface area contributed by atoms with Crippen LogP contribution in [0.15, 0.2) is 29.3 Å². The standard InChI is InChI=1S/C20H32N4O3S.HI/c1-6-21-19(24-11-12-28(26,27)20(4,5)14-24)22-13-16-7-9-17(10-8-16)23-18(25)15(2)3;/h7-10,15H,6,11-14H2,1-5H3,(H,21,22)(H,23,25);1H. The van der Waals surface area contributed by atoms with E-state index in [4.69, 9.17) is 0 Å². The van der Waals surface area contributed by atoms with Crippen LogP contribution >= 0.6 is 24.0 Å². The van der Waals surface area contributed by atoms with Crippen LogP contribution in [-0.4, -0.2) is 55.3 Å². The van der Waals surface area contributed by atoms with Gasteiger partial charge in [-0.25, -0.2) is 13.4 Å². The van der Waals surface area contributed by atoms with Crippen LogP contribution in [-0.2, 0) is 21.2 Å². The number of guanidine groups is 1. The Bertz CT molecular complexity index is 821. The molecule has 0 aliphatic carbocycles. The molecular weight excluding hydrogens is 503 g/mol. The quantitative estimate of drug-likeness (QED) is 0.343. The maximum absolute atomic E-state index is 12.2. The van der Waals surface area contributed by atoms with Crippen LogP contribution in [0.1, 0.15) is 40.2 Å². The van der Waals surface area contributed by atoms with Crippen LogP contribution in [0, 0.1) is 5.92 Å². The van der Waals surface area contributed by atoms with Crippen molar-refractivity contribution in [2.24, 2.45) is 10.9 Å². The number of anilines is 1. The number of aliphatic imine (C=N–C) groups is 1. The topological polar surface area (TPSA) is 90.9 Å². The van der Waals surface area contributed by atoms with Crippen molar-refractivity contribution < 1.29 is 13.2 Å². The number of carbonyl (C=O) groups excluding carboxylic acids is 1. The molecule has 1 fully saturated rings. The first-order chi connectivity index (χ1) is 13.1. The van der Waals surface area contributed by atoms with Crippen LogP contribution in [0.5, 0.6) is 0 Å². The monoisotopic (exact) mass is 536 g/mol. The highest BCUT2D eigenvalue weighted by molar-refractivity contribution is 14.0. The van der Waals surface area contributed by atoms with Crippen molar-refractivity contribution in [2.75, 3.05) is 30.7 Å². The maximum atomic E-state index is 12.2. The first-order valence-corrected chi connectivity index (χ1v) is 11.4. The molecular formula is C20H33IN4O3S. The molecule has 0 aromatic heterocycles. The Hall–Kier alpha value is -1.36. The average molecular weight is 536 g/mol. The number of nitrogens with zero attached hydrogens (tertiary/aromatic N) is 2. The summed E-state index contributed by atoms with van der Waals surface area (Å²) in [4.78, 5) is 18.5. The number of halogens is 1. The lowest BCUT2D eigenvalue weighted by atomic mass is 10.1. The van der Waals surface area contributed by atoms with Gasteiger partial charge in [0.15, 0.2) is 15.8 Å². The van der Waals surface area contributed by atoms with E-state index in [9.17, 15) is 13.2 Å². The number of nitrogens with one attached hydrogen (secondary N) is 2. The van der Waals surface area contributed by atoms with Gasteiger partial charge in [0.2, 0.25) is 5.91 Å². The van der Waals surface area contributed by atoms with Crippen LogP contribution in [0.25, 0.3) is 0 Å². The van der Waals surface area contributed by atoms with Gasteiger partial charge in [0, 0.05) is 31.2 Å². The minimum atomic E-state index is -3.09. The number of rotatable bonds is 5. The fourth-order valence-electron chi connectivity index (χ4n) is 2.90. The molecule has 1 aromatic rings. The molecule has 1 aliphatic rings. The molecule has 2 rings (SSSR count). The Morgan fingerprint density at radius 3 is 2.38 bits per heavy atom. The largest absolute Gasteiger partial charge is 0.357 e. The van der Waals surface area contributed by atoms with Crippen molar-refractivity contribution in [3.63, 3.8) is 0 Å². The van der Waals surface area contributed by atoms with E-state index in [1.807, 2.05) is 49.9 Å². The number of hydrogen-bond donors (Lipinski definition) is 2. The minimum Gasteiger partial charge on any atom is -0.357 e. The lowest BCUT2D eigenvalue weighted by Crippen LogP contribution is -2.57. The second-order valence-electron chi connectivity index (χ2n) is 8.01. The molecule has 9 heteroatoms. The summed E-state index contributed by atoms with van der Waals surface area (Å²) in [6, 6.07) is 7.62. The molecule has 0 saturated carbocycles. The zero-order valence-electron chi connectivity index (χ0n) is 17.9. The van der Waals surface area contributed by atoms with Crippen molar-refractivity contribution in [1.82, 2.24) is 10.2 Å². The SMILES string of the molecule is CCNC(=NCc1ccc(NC(=O)C(C)C)cc1)N1CCS(=O)(=O)C(C)(C)C1.I. The fraction of sp³-hybridized carbons (Fsp3) is 0.600. The summed E-state index contributed by atoms with van der Waals surface area (Å²) in [6.07, 6.45) is 0. The molecule has 1 amide bonds. The van der Waals surface area contributed by atoms with E-state index in [0.29, 0.717) is 26.2 Å². The summed E-state index contributed by atoms with van der Waals surface area (Å²) in [6.45, 7) is 11.3. The molecule has 2 N–H and O–H groups in total. The number of hydrogen-bond acceptors (Lipinski definition) is 4. The van der Waals surface area contributed by atoms with Gasteiger partial charge in [-0.3, -0.25) is 4.79 Å². The van der Waals surface area contributed by atoms with Crippen molar-refractivity contribution >= 4 is 51.4 Å². The normalized spacial score (nSPS) is 18.1. The molecule has 1 heterocycles. The maximum Gasteiger partial charge on any atom is 0.226 e. The molecule has 0 radical (unpaired) electrons. The number of sulfone groups is 1. The van der Waals surface area contributed by atoms with E-state index in [0.717, 1.165) is 17.2 Å². The Labute approximate surface area is 191 Å². The molecule has 7 nitrogen and oxygen atoms in total. The van der Waals surface area contributed by atoms with Crippen LogP contribution in [0.4, 0.5) is 5.69 Å². The lowest BCUT2D eigenvalue weighted by molar-refractivity contribution is -0.118. The Kier molecular flexibility index (Phi) is 9.39. The summed E-state index contributed by atoms with van der Waals surface area (Å²) >= 11 is 0. The van der Waals surface area contributed by atoms with Gasteiger partial charge < -0.3 is 15.5 Å². The van der Waals surface area contributed by atoms with E-state index in [2.05, 4.69) is 15.6 Å². The first-order valence-electron chi connectivity index (χ1n) is 9.71. The molecule has 0 atom stereocenters. The van der Waals surface area contributed by atoms with Crippen molar-refractivity contribution in [3.8, 4) is 0 Å². The summed E-state index contributed by atoms with van der Waals surface area (Å²) in [5, 5.41) is 6.13. The molecule has 164 valence electrons. The van der Waals surface area contributed by atoms with E-state index in [1.165, 1.54) is 0 Å². The van der Waals surface area contributed by atoms with Gasteiger partial charge in [0.25, 0.3) is 0 Å². The summed E-state index contributed by atoms with van der Waals surface area (Å²) in [5.74, 6) is 0.782. The van der Waals surface area contributed by atoms with Gasteiger partial charge in [0.1, 0.15) is 0 Å². The lowest BCUT2D eigenvalue weighted by Gasteiger charge is -2.39. The van der Waals surface area contributed by atoms with E-state index < -0.39 is 14.6 Å². The average Bonchev–Trinajstić information content (AvgIpc) is 2.62. The fourth-order valence-corrected chi connectivity index (χ4v) is 4.26. The molecule has 29 heavy (non-hydrogen) atoms. The summed E-state index contributed by atoms with van der Waals surface area (Å²) < 4.78 is 23.7. The Morgan fingerprint density at radius 2 is 1.86 bits per heavy atom. The highest BCUT2D eigenvalue weighted by atomic mass is 127. The third kappa shape index (κ3) is 6.84. The van der Waals surface area contributed by atoms with Crippen LogP contribution in [0.3, 0.4) is 0 Å². The minimum absolute atomic E-state index is 0. The van der Waals surface area contributed by atoms with Gasteiger partial charge in [-0.2, -0.15) is 0 Å². The molecule has 0 spiro atoms. The molecule has 1 aromatic carbocycles. The highest BCUT2D eigenvalue weighted by Crippen LogP contribution is 2.24. The highest BCUT2D eigenvalue weighted by Gasteiger charge is 2.40. The number of amides is 1. The predicted molar refractivity (Wildman–Crippen MR) is 130 cm³/mol. The van der Waals surface area contributed by atoms with Crippen LogP contribution in [0.2, 0.25) is 0 Å². The number of carbonyl (C=O) groups is 1. The smallest absolute Gasteiger partial charge is 0.226 e.